The maximum absolute atomic E-state index is 9.60. The quantitative estimate of drug-likeness (QED) is 0.541. The molecule has 0 spiro atoms. The molecule has 0 aromatic carbocycles. The number of rotatable bonds is 5. The molecule has 16 heavy (non-hydrogen) atoms. The Hall–Kier alpha value is 0.340. The molecule has 0 atom stereocenters. The molecule has 0 saturated heterocycles. The van der Waals surface area contributed by atoms with E-state index in [9.17, 15) is 4.79 Å². The number of halogens is 3. The highest BCUT2D eigenvalue weighted by atomic mass is 35.6. The Labute approximate surface area is 114 Å². The van der Waals surface area contributed by atoms with Gasteiger partial charge in [0.25, 0.3) is 0 Å². The van der Waals surface area contributed by atoms with Gasteiger partial charge in [-0.15, -0.1) is 0 Å². The van der Waals surface area contributed by atoms with Crippen molar-refractivity contribution in [2.75, 3.05) is 0 Å². The molecule has 0 saturated carbocycles. The van der Waals surface area contributed by atoms with Crippen LogP contribution in [0.3, 0.4) is 0 Å². The van der Waals surface area contributed by atoms with E-state index in [1.165, 1.54) is 25.7 Å². The summed E-state index contributed by atoms with van der Waals surface area (Å²) in [6, 6.07) is 0. The van der Waals surface area contributed by atoms with E-state index in [4.69, 9.17) is 39.9 Å². The van der Waals surface area contributed by atoms with Crippen molar-refractivity contribution in [1.82, 2.24) is 0 Å². The monoisotopic (exact) mass is 292 g/mol. The zero-order valence-corrected chi connectivity index (χ0v) is 12.6. The molecule has 0 rings (SSSR count). The fourth-order valence-corrected chi connectivity index (χ4v) is 0.714. The molecular formula is C11H23Cl3O2. The summed E-state index contributed by atoms with van der Waals surface area (Å²) < 4.78 is -0.750. The van der Waals surface area contributed by atoms with E-state index in [1.807, 2.05) is 6.92 Å². The number of hydrogen-bond donors (Lipinski definition) is 1. The molecule has 0 fully saturated rings. The van der Waals surface area contributed by atoms with Crippen LogP contribution in [-0.4, -0.2) is 15.4 Å². The van der Waals surface area contributed by atoms with E-state index in [1.54, 1.807) is 0 Å². The van der Waals surface area contributed by atoms with Gasteiger partial charge in [0.1, 0.15) is 0 Å². The molecule has 1 N–H and O–H groups in total. The van der Waals surface area contributed by atoms with E-state index < -0.39 is 10.3 Å². The van der Waals surface area contributed by atoms with E-state index in [0.29, 0.717) is 6.42 Å². The summed E-state index contributed by atoms with van der Waals surface area (Å²) in [4.78, 5) is 9.60. The summed E-state index contributed by atoms with van der Waals surface area (Å²) in [5.41, 5.74) is 0. The minimum absolute atomic E-state index is 0.292. The molecule has 0 aliphatic heterocycles. The molecule has 0 unspecified atom stereocenters. The maximum Gasteiger partial charge on any atom is 0.303 e. The van der Waals surface area contributed by atoms with Gasteiger partial charge >= 0.3 is 5.97 Å². The first kappa shape index (κ1) is 21.6. The van der Waals surface area contributed by atoms with Gasteiger partial charge in [0.05, 0.1) is 0 Å². The van der Waals surface area contributed by atoms with Crippen LogP contribution >= 0.6 is 34.8 Å². The van der Waals surface area contributed by atoms with Gasteiger partial charge in [0.2, 0.25) is 0 Å². The van der Waals surface area contributed by atoms with Crippen LogP contribution in [0.1, 0.15) is 59.3 Å². The first-order valence-electron chi connectivity index (χ1n) is 5.56. The van der Waals surface area contributed by atoms with Crippen molar-refractivity contribution >= 4 is 40.8 Å². The Kier molecular flexibility index (Phi) is 28.0. The topological polar surface area (TPSA) is 37.3 Å². The van der Waals surface area contributed by atoms with Gasteiger partial charge in [-0.3, -0.25) is 4.79 Å². The molecular weight excluding hydrogens is 270 g/mol. The molecule has 0 amide bonds. The minimum atomic E-state index is -0.750. The molecule has 100 valence electrons. The van der Waals surface area contributed by atoms with E-state index >= 15 is 0 Å². The molecule has 0 heterocycles. The van der Waals surface area contributed by atoms with Crippen LogP contribution in [0.5, 0.6) is 0 Å². The highest BCUT2D eigenvalue weighted by Crippen LogP contribution is 2.03. The van der Waals surface area contributed by atoms with Crippen molar-refractivity contribution in [1.29, 1.82) is 0 Å². The summed E-state index contributed by atoms with van der Waals surface area (Å²) in [5.74, 6) is -0.711. The third-order valence-electron chi connectivity index (χ3n) is 1.42. The van der Waals surface area contributed by atoms with Gasteiger partial charge in [-0.05, 0) is 6.42 Å². The van der Waals surface area contributed by atoms with Crippen molar-refractivity contribution in [3.05, 3.63) is 0 Å². The Morgan fingerprint density at radius 1 is 1.00 bits per heavy atom. The summed E-state index contributed by atoms with van der Waals surface area (Å²) in [6.45, 7) is 6.30. The molecule has 0 aromatic rings. The highest BCUT2D eigenvalue weighted by Gasteiger charge is 1.87. The van der Waals surface area contributed by atoms with Crippen molar-refractivity contribution < 1.29 is 9.90 Å². The average molecular weight is 294 g/mol. The lowest BCUT2D eigenvalue weighted by atomic mass is 10.2. The lowest BCUT2D eigenvalue weighted by molar-refractivity contribution is -0.137. The number of carbonyl (C=O) groups is 1. The van der Waals surface area contributed by atoms with E-state index in [2.05, 4.69) is 13.8 Å². The second kappa shape index (κ2) is 20.7. The summed E-state index contributed by atoms with van der Waals surface area (Å²) in [6.07, 6.45) is 6.56. The SMILES string of the molecule is CCCC(=O)O.CCCCCC.ClC(Cl)Cl. The molecule has 2 nitrogen and oxygen atoms in total. The van der Waals surface area contributed by atoms with E-state index in [-0.39, 0.29) is 0 Å². The minimum Gasteiger partial charge on any atom is -0.481 e. The lowest BCUT2D eigenvalue weighted by Gasteiger charge is -1.86. The van der Waals surface area contributed by atoms with Gasteiger partial charge in [-0.25, -0.2) is 0 Å². The fraction of sp³-hybridized carbons (Fsp3) is 0.909. The third kappa shape index (κ3) is 63.5. The van der Waals surface area contributed by atoms with Crippen molar-refractivity contribution in [3.63, 3.8) is 0 Å². The second-order valence-electron chi connectivity index (χ2n) is 3.10. The smallest absolute Gasteiger partial charge is 0.303 e. The van der Waals surface area contributed by atoms with Crippen molar-refractivity contribution in [3.8, 4) is 0 Å². The van der Waals surface area contributed by atoms with Crippen LogP contribution in [-0.2, 0) is 4.79 Å². The summed E-state index contributed by atoms with van der Waals surface area (Å²) >= 11 is 14.4. The Morgan fingerprint density at radius 2 is 1.31 bits per heavy atom. The first-order valence-corrected chi connectivity index (χ1v) is 6.87. The van der Waals surface area contributed by atoms with Gasteiger partial charge in [-0.1, -0.05) is 81.3 Å². The molecule has 0 aliphatic rings. The van der Waals surface area contributed by atoms with E-state index in [0.717, 1.165) is 6.42 Å². The Morgan fingerprint density at radius 3 is 1.38 bits per heavy atom. The molecule has 5 heteroatoms. The Bertz CT molecular complexity index is 124. The molecule has 0 radical (unpaired) electrons. The number of carboxylic acid groups (broad SMARTS) is 1. The van der Waals surface area contributed by atoms with Gasteiger partial charge < -0.3 is 5.11 Å². The van der Waals surface area contributed by atoms with Crippen LogP contribution in [0.4, 0.5) is 0 Å². The fourth-order valence-electron chi connectivity index (χ4n) is 0.714. The molecule has 0 aromatic heterocycles. The summed E-state index contributed by atoms with van der Waals surface area (Å²) in [5, 5.41) is 7.91. The van der Waals surface area contributed by atoms with Gasteiger partial charge in [0, 0.05) is 6.42 Å². The normalized spacial score (nSPS) is 8.69. The molecule has 0 aliphatic carbocycles. The molecule has 0 bridgehead atoms. The van der Waals surface area contributed by atoms with Gasteiger partial charge in [-0.2, -0.15) is 0 Å². The largest absolute Gasteiger partial charge is 0.481 e. The lowest BCUT2D eigenvalue weighted by Crippen LogP contribution is -1.90. The zero-order chi connectivity index (χ0) is 13.4. The van der Waals surface area contributed by atoms with Gasteiger partial charge in [0.15, 0.2) is 4.30 Å². The predicted molar refractivity (Wildman–Crippen MR) is 73.7 cm³/mol. The van der Waals surface area contributed by atoms with Crippen LogP contribution in [0.2, 0.25) is 0 Å². The van der Waals surface area contributed by atoms with Crippen LogP contribution in [0, 0.1) is 0 Å². The second-order valence-corrected chi connectivity index (χ2v) is 5.08. The highest BCUT2D eigenvalue weighted by molar-refractivity contribution is 6.63. The summed E-state index contributed by atoms with van der Waals surface area (Å²) in [7, 11) is 0. The Balaban J connectivity index is -0.000000162. The van der Waals surface area contributed by atoms with Crippen molar-refractivity contribution in [2.45, 2.75) is 63.6 Å². The van der Waals surface area contributed by atoms with Crippen molar-refractivity contribution in [2.24, 2.45) is 0 Å². The number of unbranched alkanes of at least 4 members (excludes halogenated alkanes) is 3. The number of carboxylic acids is 1. The predicted octanol–water partition coefficient (Wildman–Crippen LogP) is 5.44. The number of alkyl halides is 3. The van der Waals surface area contributed by atoms with Crippen LogP contribution < -0.4 is 0 Å². The number of hydrogen-bond acceptors (Lipinski definition) is 1. The maximum atomic E-state index is 9.60. The van der Waals surface area contributed by atoms with Crippen LogP contribution in [0.25, 0.3) is 0 Å². The average Bonchev–Trinajstić information content (AvgIpc) is 2.14. The third-order valence-corrected chi connectivity index (χ3v) is 1.42. The standard InChI is InChI=1S/C6H14.C4H8O2.CHCl3/c1-3-5-6-4-2;1-2-3-4(5)6;2-1(3)4/h3-6H2,1-2H3;2-3H2,1H3,(H,5,6);1H. The van der Waals surface area contributed by atoms with Crippen LogP contribution in [0.15, 0.2) is 0 Å². The first-order chi connectivity index (χ1) is 7.42. The number of aliphatic carboxylic acids is 1. The zero-order valence-electron chi connectivity index (χ0n) is 10.3.